The number of benzene rings is 1. The van der Waals surface area contributed by atoms with Crippen LogP contribution in [0, 0.1) is 0 Å². The zero-order chi connectivity index (χ0) is 13.9. The van der Waals surface area contributed by atoms with Crippen molar-refractivity contribution in [2.24, 2.45) is 0 Å². The van der Waals surface area contributed by atoms with Gasteiger partial charge in [-0.05, 0) is 23.8 Å². The van der Waals surface area contributed by atoms with Crippen molar-refractivity contribution in [3.8, 4) is 0 Å². The number of aromatic nitrogens is 3. The van der Waals surface area contributed by atoms with Crippen molar-refractivity contribution in [3.63, 3.8) is 0 Å². The van der Waals surface area contributed by atoms with Crippen LogP contribution < -0.4 is 0 Å². The minimum absolute atomic E-state index is 0.0920. The van der Waals surface area contributed by atoms with E-state index < -0.39 is 5.97 Å². The number of nitrogens with zero attached hydrogens (tertiary/aromatic N) is 3. The summed E-state index contributed by atoms with van der Waals surface area (Å²) in [4.78, 5) is 15.4. The first kappa shape index (κ1) is 12.1. The molecule has 0 amide bonds. The van der Waals surface area contributed by atoms with E-state index in [0.717, 1.165) is 5.56 Å². The first-order chi connectivity index (χ1) is 9.74. The van der Waals surface area contributed by atoms with Gasteiger partial charge in [-0.25, -0.2) is 14.3 Å². The van der Waals surface area contributed by atoms with Crippen molar-refractivity contribution in [3.05, 3.63) is 65.6 Å². The molecule has 0 saturated heterocycles. The highest BCUT2D eigenvalue weighted by Crippen LogP contribution is 2.09. The van der Waals surface area contributed by atoms with Crippen LogP contribution in [-0.2, 0) is 0 Å². The second-order valence-electron chi connectivity index (χ2n) is 4.20. The molecule has 0 unspecified atom stereocenters. The fourth-order valence-corrected chi connectivity index (χ4v) is 1.89. The van der Waals surface area contributed by atoms with Gasteiger partial charge in [-0.2, -0.15) is 0 Å². The van der Waals surface area contributed by atoms with Crippen molar-refractivity contribution in [2.45, 2.75) is 0 Å². The lowest BCUT2D eigenvalue weighted by atomic mass is 10.2. The highest BCUT2D eigenvalue weighted by atomic mass is 16.4. The maximum absolute atomic E-state index is 11.1. The lowest BCUT2D eigenvalue weighted by Gasteiger charge is -1.96. The Labute approximate surface area is 114 Å². The van der Waals surface area contributed by atoms with Crippen LogP contribution in [0.25, 0.3) is 17.8 Å². The predicted molar refractivity (Wildman–Crippen MR) is 75.3 cm³/mol. The van der Waals surface area contributed by atoms with E-state index in [9.17, 15) is 4.79 Å². The fraction of sp³-hybridized carbons (Fsp3) is 0. The Bertz CT molecular complexity index is 791. The summed E-state index contributed by atoms with van der Waals surface area (Å²) >= 11 is 0. The van der Waals surface area contributed by atoms with Crippen LogP contribution in [0.15, 0.2) is 48.5 Å². The molecule has 0 radical (unpaired) electrons. The highest BCUT2D eigenvalue weighted by molar-refractivity contribution is 5.86. The summed E-state index contributed by atoms with van der Waals surface area (Å²) in [5, 5.41) is 13.3. The minimum atomic E-state index is -1.03. The summed E-state index contributed by atoms with van der Waals surface area (Å²) < 4.78 is 1.33. The van der Waals surface area contributed by atoms with Crippen LogP contribution in [0.5, 0.6) is 0 Å². The molecule has 0 atom stereocenters. The summed E-state index contributed by atoms with van der Waals surface area (Å²) in [5.41, 5.74) is 1.64. The lowest BCUT2D eigenvalue weighted by molar-refractivity contribution is 0.0687. The molecule has 3 aromatic rings. The van der Waals surface area contributed by atoms with Crippen LogP contribution in [0.2, 0.25) is 0 Å². The maximum Gasteiger partial charge on any atom is 0.354 e. The first-order valence-corrected chi connectivity index (χ1v) is 6.06. The summed E-state index contributed by atoms with van der Waals surface area (Å²) in [6, 6.07) is 14.6. The molecule has 0 fully saturated rings. The molecular formula is C15H11N3O2. The number of carboxylic acid groups (broad SMARTS) is 1. The van der Waals surface area contributed by atoms with Crippen molar-refractivity contribution in [1.29, 1.82) is 0 Å². The molecule has 0 aliphatic rings. The number of carboxylic acids is 1. The highest BCUT2D eigenvalue weighted by Gasteiger charge is 2.10. The van der Waals surface area contributed by atoms with E-state index in [1.165, 1.54) is 10.6 Å². The fourth-order valence-electron chi connectivity index (χ4n) is 1.89. The molecule has 1 N–H and O–H groups in total. The third-order valence-electron chi connectivity index (χ3n) is 2.82. The number of carbonyl (C=O) groups is 1. The average Bonchev–Trinajstić information content (AvgIpc) is 2.88. The number of rotatable bonds is 3. The zero-order valence-corrected chi connectivity index (χ0v) is 10.5. The standard InChI is InChI=1S/C15H11N3O2/c19-15(20)12-7-4-8-14-16-13(17-18(12)14)10-9-11-5-2-1-3-6-11/h1-10H,(H,19,20)/b10-9+. The van der Waals surface area contributed by atoms with Crippen LogP contribution >= 0.6 is 0 Å². The Morgan fingerprint density at radius 1 is 1.05 bits per heavy atom. The smallest absolute Gasteiger partial charge is 0.354 e. The third kappa shape index (κ3) is 2.29. The van der Waals surface area contributed by atoms with Gasteiger partial charge in [-0.3, -0.25) is 0 Å². The monoisotopic (exact) mass is 265 g/mol. The van der Waals surface area contributed by atoms with Gasteiger partial charge in [0.1, 0.15) is 0 Å². The van der Waals surface area contributed by atoms with Gasteiger partial charge in [-0.15, -0.1) is 5.10 Å². The van der Waals surface area contributed by atoms with E-state index in [4.69, 9.17) is 5.11 Å². The molecule has 20 heavy (non-hydrogen) atoms. The van der Waals surface area contributed by atoms with Crippen LogP contribution in [0.3, 0.4) is 0 Å². The normalized spacial score (nSPS) is 11.2. The Morgan fingerprint density at radius 3 is 2.60 bits per heavy atom. The van der Waals surface area contributed by atoms with Gasteiger partial charge in [-0.1, -0.05) is 42.5 Å². The zero-order valence-electron chi connectivity index (χ0n) is 10.5. The SMILES string of the molecule is O=C(O)c1cccc2nc(/C=C/c3ccccc3)nn12. The van der Waals surface area contributed by atoms with E-state index in [1.807, 2.05) is 36.4 Å². The van der Waals surface area contributed by atoms with Crippen molar-refractivity contribution < 1.29 is 9.90 Å². The molecule has 0 saturated carbocycles. The Kier molecular flexibility index (Phi) is 3.01. The summed E-state index contributed by atoms with van der Waals surface area (Å²) in [6.07, 6.45) is 3.64. The van der Waals surface area contributed by atoms with Crippen molar-refractivity contribution in [2.75, 3.05) is 0 Å². The third-order valence-corrected chi connectivity index (χ3v) is 2.82. The number of fused-ring (bicyclic) bond motifs is 1. The molecular weight excluding hydrogens is 254 g/mol. The van der Waals surface area contributed by atoms with Crippen molar-refractivity contribution >= 4 is 23.8 Å². The van der Waals surface area contributed by atoms with Crippen molar-refractivity contribution in [1.82, 2.24) is 14.6 Å². The number of aromatic carboxylic acids is 1. The summed E-state index contributed by atoms with van der Waals surface area (Å²) in [6.45, 7) is 0. The largest absolute Gasteiger partial charge is 0.477 e. The van der Waals surface area contributed by atoms with E-state index >= 15 is 0 Å². The van der Waals surface area contributed by atoms with Gasteiger partial charge in [0.2, 0.25) is 0 Å². The van der Waals surface area contributed by atoms with Gasteiger partial charge in [0, 0.05) is 0 Å². The van der Waals surface area contributed by atoms with E-state index in [0.29, 0.717) is 11.5 Å². The second-order valence-corrected chi connectivity index (χ2v) is 4.20. The molecule has 5 nitrogen and oxygen atoms in total. The number of hydrogen-bond acceptors (Lipinski definition) is 3. The van der Waals surface area contributed by atoms with Gasteiger partial charge >= 0.3 is 5.97 Å². The van der Waals surface area contributed by atoms with Gasteiger partial charge in [0.15, 0.2) is 17.2 Å². The van der Waals surface area contributed by atoms with E-state index in [-0.39, 0.29) is 5.69 Å². The van der Waals surface area contributed by atoms with Gasteiger partial charge in [0.25, 0.3) is 0 Å². The molecule has 3 rings (SSSR count). The molecule has 98 valence electrons. The Balaban J connectivity index is 2.00. The molecule has 5 heteroatoms. The second kappa shape index (κ2) is 4.97. The Hall–Kier alpha value is -2.95. The number of hydrogen-bond donors (Lipinski definition) is 1. The topological polar surface area (TPSA) is 67.5 Å². The average molecular weight is 265 g/mol. The van der Waals surface area contributed by atoms with E-state index in [1.54, 1.807) is 18.2 Å². The first-order valence-electron chi connectivity index (χ1n) is 6.06. The molecule has 0 aliphatic heterocycles. The molecule has 1 aromatic carbocycles. The molecule has 0 spiro atoms. The van der Waals surface area contributed by atoms with Gasteiger partial charge < -0.3 is 5.11 Å². The van der Waals surface area contributed by atoms with Gasteiger partial charge in [0.05, 0.1) is 0 Å². The van der Waals surface area contributed by atoms with E-state index in [2.05, 4.69) is 10.1 Å². The van der Waals surface area contributed by atoms with Crippen LogP contribution in [-0.4, -0.2) is 25.7 Å². The Morgan fingerprint density at radius 2 is 1.85 bits per heavy atom. The maximum atomic E-state index is 11.1. The lowest BCUT2D eigenvalue weighted by Crippen LogP contribution is -2.05. The minimum Gasteiger partial charge on any atom is -0.477 e. The molecule has 0 bridgehead atoms. The summed E-state index contributed by atoms with van der Waals surface area (Å²) in [7, 11) is 0. The van der Waals surface area contributed by atoms with Crippen LogP contribution in [0.1, 0.15) is 21.9 Å². The predicted octanol–water partition coefficient (Wildman–Crippen LogP) is 2.60. The molecule has 2 heterocycles. The van der Waals surface area contributed by atoms with Crippen LogP contribution in [0.4, 0.5) is 0 Å². The quantitative estimate of drug-likeness (QED) is 0.790. The summed E-state index contributed by atoms with van der Waals surface area (Å²) in [5.74, 6) is -0.554. The molecule has 0 aliphatic carbocycles. The number of pyridine rings is 1. The molecule has 2 aromatic heterocycles.